The monoisotopic (exact) mass is 418 g/mol. The van der Waals surface area contributed by atoms with Crippen molar-refractivity contribution < 1.29 is 13.7 Å². The van der Waals surface area contributed by atoms with Gasteiger partial charge in [-0.15, -0.1) is 0 Å². The van der Waals surface area contributed by atoms with Crippen LogP contribution in [-0.4, -0.2) is 22.2 Å². The molecule has 1 N–H and O–H groups in total. The van der Waals surface area contributed by atoms with Gasteiger partial charge in [-0.25, -0.2) is 4.98 Å². The molecule has 0 saturated carbocycles. The van der Waals surface area contributed by atoms with Crippen molar-refractivity contribution in [1.82, 2.24) is 4.98 Å². The van der Waals surface area contributed by atoms with Crippen LogP contribution in [0.5, 0.6) is 5.88 Å². The predicted molar refractivity (Wildman–Crippen MR) is 101 cm³/mol. The highest BCUT2D eigenvalue weighted by molar-refractivity contribution is 7.90. The fraction of sp³-hybridized carbons (Fsp3) is 0.125. The van der Waals surface area contributed by atoms with Crippen molar-refractivity contribution >= 4 is 57.2 Å². The largest absolute Gasteiger partial charge is 0.481 e. The highest BCUT2D eigenvalue weighted by atomic mass is 35.5. The van der Waals surface area contributed by atoms with Gasteiger partial charge in [0.2, 0.25) is 5.88 Å². The molecular formula is C16H13Cl3N2O3S. The number of hydrogen-bond acceptors (Lipinski definition) is 4. The predicted octanol–water partition coefficient (Wildman–Crippen LogP) is 4.28. The Morgan fingerprint density at radius 1 is 1.24 bits per heavy atom. The Kier molecular flexibility index (Phi) is 7.25. The third-order valence-corrected chi connectivity index (χ3v) is 5.84. The van der Waals surface area contributed by atoms with Crippen molar-refractivity contribution in [3.8, 4) is 5.88 Å². The molecule has 0 fully saturated rings. The SMILES string of the molecule is COc1ccc(NC(=O)/C(Cl)=C(/Cl)[S@@](=O)Cc2ccccc2Cl)cn1. The number of carbonyl (C=O) groups is 1. The number of carbonyl (C=O) groups excluding carboxylic acids is 1. The zero-order valence-electron chi connectivity index (χ0n) is 13.0. The van der Waals surface area contributed by atoms with Crippen LogP contribution in [0, 0.1) is 0 Å². The van der Waals surface area contributed by atoms with Crippen LogP contribution in [-0.2, 0) is 21.3 Å². The van der Waals surface area contributed by atoms with Gasteiger partial charge in [0.15, 0.2) is 0 Å². The van der Waals surface area contributed by atoms with Gasteiger partial charge in [0.05, 0.1) is 35.5 Å². The first-order chi connectivity index (χ1) is 11.9. The summed E-state index contributed by atoms with van der Waals surface area (Å²) in [5.74, 6) is -0.240. The average Bonchev–Trinajstić information content (AvgIpc) is 2.62. The number of amides is 1. The Labute approximate surface area is 162 Å². The summed E-state index contributed by atoms with van der Waals surface area (Å²) < 4.78 is 17.0. The zero-order valence-corrected chi connectivity index (χ0v) is 16.0. The zero-order chi connectivity index (χ0) is 18.4. The van der Waals surface area contributed by atoms with E-state index in [1.165, 1.54) is 13.3 Å². The molecule has 2 aromatic rings. The third-order valence-electron chi connectivity index (χ3n) is 3.02. The third kappa shape index (κ3) is 5.44. The molecule has 9 heteroatoms. The van der Waals surface area contributed by atoms with Gasteiger partial charge < -0.3 is 10.1 Å². The Hall–Kier alpha value is -1.60. The van der Waals surface area contributed by atoms with Crippen LogP contribution in [0.4, 0.5) is 5.69 Å². The molecule has 0 aliphatic rings. The lowest BCUT2D eigenvalue weighted by Crippen LogP contribution is -2.14. The molecule has 1 aromatic carbocycles. The fourth-order valence-electron chi connectivity index (χ4n) is 1.77. The van der Waals surface area contributed by atoms with Crippen molar-refractivity contribution in [2.75, 3.05) is 12.4 Å². The van der Waals surface area contributed by atoms with Crippen LogP contribution in [0.3, 0.4) is 0 Å². The van der Waals surface area contributed by atoms with Crippen LogP contribution in [0.2, 0.25) is 5.02 Å². The number of rotatable bonds is 6. The number of nitrogens with zero attached hydrogens (tertiary/aromatic N) is 1. The maximum Gasteiger partial charge on any atom is 0.269 e. The van der Waals surface area contributed by atoms with Gasteiger partial charge >= 0.3 is 0 Å². The summed E-state index contributed by atoms with van der Waals surface area (Å²) >= 11 is 18.0. The normalized spacial score (nSPS) is 13.0. The molecule has 132 valence electrons. The fourth-order valence-corrected chi connectivity index (χ4v) is 3.56. The second kappa shape index (κ2) is 9.20. The van der Waals surface area contributed by atoms with Crippen LogP contribution >= 0.6 is 34.8 Å². The molecule has 0 aliphatic heterocycles. The number of aromatic nitrogens is 1. The first-order valence-electron chi connectivity index (χ1n) is 6.90. The van der Waals surface area contributed by atoms with Crippen LogP contribution < -0.4 is 10.1 Å². The minimum absolute atomic E-state index is 0.0477. The lowest BCUT2D eigenvalue weighted by Gasteiger charge is -2.07. The quantitative estimate of drug-likeness (QED) is 0.710. The molecule has 0 radical (unpaired) electrons. The van der Waals surface area contributed by atoms with E-state index in [1.54, 1.807) is 36.4 Å². The molecule has 1 heterocycles. The van der Waals surface area contributed by atoms with Gasteiger partial charge in [0.1, 0.15) is 9.40 Å². The van der Waals surface area contributed by atoms with E-state index < -0.39 is 16.7 Å². The van der Waals surface area contributed by atoms with E-state index in [-0.39, 0.29) is 15.1 Å². The van der Waals surface area contributed by atoms with E-state index in [2.05, 4.69) is 10.3 Å². The number of halogens is 3. The van der Waals surface area contributed by atoms with E-state index >= 15 is 0 Å². The highest BCUT2D eigenvalue weighted by Crippen LogP contribution is 2.25. The standard InChI is InChI=1S/C16H13Cl3N2O3S/c1-24-13-7-6-11(8-20-13)21-16(22)14(18)15(19)25(23)9-10-4-2-3-5-12(10)17/h2-8H,9H2,1H3,(H,21,22)/b15-14+/t25-/m0/s1. The van der Waals surface area contributed by atoms with Crippen molar-refractivity contribution in [2.45, 2.75) is 5.75 Å². The van der Waals surface area contributed by atoms with Crippen LogP contribution in [0.15, 0.2) is 52.0 Å². The molecule has 0 saturated heterocycles. The topological polar surface area (TPSA) is 68.3 Å². The van der Waals surface area contributed by atoms with Gasteiger partial charge in [-0.05, 0) is 17.7 Å². The van der Waals surface area contributed by atoms with Crippen molar-refractivity contribution in [3.05, 3.63) is 62.6 Å². The Morgan fingerprint density at radius 2 is 1.96 bits per heavy atom. The number of pyridine rings is 1. The van der Waals surface area contributed by atoms with E-state index in [1.807, 2.05) is 0 Å². The molecule has 1 aromatic heterocycles. The van der Waals surface area contributed by atoms with Gasteiger partial charge in [0.25, 0.3) is 5.91 Å². The summed E-state index contributed by atoms with van der Waals surface area (Å²) in [7, 11) is -0.227. The number of hydrogen-bond donors (Lipinski definition) is 1. The van der Waals surface area contributed by atoms with Gasteiger partial charge in [0, 0.05) is 11.1 Å². The van der Waals surface area contributed by atoms with Crippen molar-refractivity contribution in [2.24, 2.45) is 0 Å². The molecular weight excluding hydrogens is 407 g/mol. The smallest absolute Gasteiger partial charge is 0.269 e. The number of methoxy groups -OCH3 is 1. The minimum Gasteiger partial charge on any atom is -0.481 e. The maximum atomic E-state index is 12.3. The van der Waals surface area contributed by atoms with Crippen molar-refractivity contribution in [1.29, 1.82) is 0 Å². The molecule has 0 bridgehead atoms. The Morgan fingerprint density at radius 3 is 2.56 bits per heavy atom. The molecule has 1 atom stereocenters. The van der Waals surface area contributed by atoms with Gasteiger partial charge in [-0.1, -0.05) is 53.0 Å². The van der Waals surface area contributed by atoms with Crippen molar-refractivity contribution in [3.63, 3.8) is 0 Å². The van der Waals surface area contributed by atoms with E-state index in [9.17, 15) is 9.00 Å². The summed E-state index contributed by atoms with van der Waals surface area (Å²) in [5.41, 5.74) is 1.04. The first kappa shape index (κ1) is 19.7. The molecule has 2 rings (SSSR count). The van der Waals surface area contributed by atoms with Gasteiger partial charge in [-0.2, -0.15) is 0 Å². The summed E-state index contributed by atoms with van der Waals surface area (Å²) in [6.45, 7) is 0. The minimum atomic E-state index is -1.71. The lowest BCUT2D eigenvalue weighted by atomic mass is 10.2. The molecule has 5 nitrogen and oxygen atoms in total. The van der Waals surface area contributed by atoms with E-state index in [0.717, 1.165) is 0 Å². The number of anilines is 1. The first-order valence-corrected chi connectivity index (χ1v) is 9.36. The average molecular weight is 420 g/mol. The molecule has 0 spiro atoms. The lowest BCUT2D eigenvalue weighted by molar-refractivity contribution is -0.112. The van der Waals surface area contributed by atoms with Crippen LogP contribution in [0.25, 0.3) is 0 Å². The summed E-state index contributed by atoms with van der Waals surface area (Å²) in [5, 5.41) is 2.62. The van der Waals surface area contributed by atoms with E-state index in [4.69, 9.17) is 39.5 Å². The molecule has 0 aliphatic carbocycles. The molecule has 25 heavy (non-hydrogen) atoms. The molecule has 1 amide bonds. The second-order valence-electron chi connectivity index (χ2n) is 4.71. The number of benzene rings is 1. The summed E-state index contributed by atoms with van der Waals surface area (Å²) in [6, 6.07) is 10.1. The van der Waals surface area contributed by atoms with E-state index in [0.29, 0.717) is 22.2 Å². The summed E-state index contributed by atoms with van der Waals surface area (Å²) in [4.78, 5) is 16.1. The molecule has 0 unspecified atom stereocenters. The Bertz CT molecular complexity index is 826. The van der Waals surface area contributed by atoms with Gasteiger partial charge in [-0.3, -0.25) is 9.00 Å². The van der Waals surface area contributed by atoms with Crippen LogP contribution in [0.1, 0.15) is 5.56 Å². The number of ether oxygens (including phenoxy) is 1. The maximum absolute atomic E-state index is 12.3. The second-order valence-corrected chi connectivity index (χ2v) is 7.49. The Balaban J connectivity index is 2.09. The number of nitrogens with one attached hydrogen (secondary N) is 1. The highest BCUT2D eigenvalue weighted by Gasteiger charge is 2.18. The summed E-state index contributed by atoms with van der Waals surface area (Å²) in [6.07, 6.45) is 1.40.